The van der Waals surface area contributed by atoms with Crippen LogP contribution in [-0.4, -0.2) is 42.4 Å². The van der Waals surface area contributed by atoms with Crippen LogP contribution < -0.4 is 0 Å². The number of carbonyl (C=O) groups excluding carboxylic acids is 1. The number of ether oxygens (including phenoxy) is 1. The number of hydrogen-bond donors (Lipinski definition) is 0. The van der Waals surface area contributed by atoms with Crippen LogP contribution in [0, 0.1) is 5.92 Å². The molecule has 1 aliphatic heterocycles. The summed E-state index contributed by atoms with van der Waals surface area (Å²) in [5, 5.41) is 5.54. The first-order valence-corrected chi connectivity index (χ1v) is 15.5. The molecule has 5 heteroatoms. The standard InChI is InChI=1S/C35H45N3O2.C2H6/c1-7-15-33(34(40-6)24-27(4)8-2)31-21-19-30(20-22-31)29(9-3)26-38(36-5)35(39)37-23-14-13-18-32(37)25-28-16-11-10-12-17-28;1-2/h7,10-12,15-17,19-22,24,26-27,32H,1,5,8-9,13-14,18,23,25H2,2-4,6H3;1-2H3/b29-26+,33-15-,34-24+;. The molecule has 0 radical (unpaired) electrons. The van der Waals surface area contributed by atoms with Crippen molar-refractivity contribution in [3.63, 3.8) is 0 Å². The van der Waals surface area contributed by atoms with Gasteiger partial charge in [0.1, 0.15) is 5.76 Å². The van der Waals surface area contributed by atoms with Crippen LogP contribution in [0.3, 0.4) is 0 Å². The number of urea groups is 1. The maximum Gasteiger partial charge on any atom is 0.344 e. The Labute approximate surface area is 255 Å². The first-order valence-electron chi connectivity index (χ1n) is 15.5. The van der Waals surface area contributed by atoms with Crippen LogP contribution >= 0.6 is 0 Å². The summed E-state index contributed by atoms with van der Waals surface area (Å²) < 4.78 is 5.75. The van der Waals surface area contributed by atoms with Crippen molar-refractivity contribution in [1.29, 1.82) is 0 Å². The predicted molar refractivity (Wildman–Crippen MR) is 180 cm³/mol. The zero-order valence-corrected chi connectivity index (χ0v) is 26.7. The van der Waals surface area contributed by atoms with Gasteiger partial charge in [-0.25, -0.2) is 4.79 Å². The van der Waals surface area contributed by atoms with Crippen molar-refractivity contribution < 1.29 is 9.53 Å². The summed E-state index contributed by atoms with van der Waals surface area (Å²) in [5.41, 5.74) is 5.33. The highest BCUT2D eigenvalue weighted by atomic mass is 16.5. The van der Waals surface area contributed by atoms with Gasteiger partial charge in [-0.05, 0) is 72.8 Å². The summed E-state index contributed by atoms with van der Waals surface area (Å²) in [6, 6.07) is 18.8. The van der Waals surface area contributed by atoms with E-state index in [2.05, 4.69) is 93.8 Å². The predicted octanol–water partition coefficient (Wildman–Crippen LogP) is 9.74. The van der Waals surface area contributed by atoms with Gasteiger partial charge >= 0.3 is 6.03 Å². The summed E-state index contributed by atoms with van der Waals surface area (Å²) in [7, 11) is 1.71. The van der Waals surface area contributed by atoms with Crippen LogP contribution in [0.4, 0.5) is 4.79 Å². The molecule has 0 saturated carbocycles. The van der Waals surface area contributed by atoms with Crippen molar-refractivity contribution in [2.24, 2.45) is 11.0 Å². The van der Waals surface area contributed by atoms with E-state index < -0.39 is 0 Å². The lowest BCUT2D eigenvalue weighted by atomic mass is 9.96. The Morgan fingerprint density at radius 1 is 1.10 bits per heavy atom. The fourth-order valence-electron chi connectivity index (χ4n) is 5.10. The third kappa shape index (κ3) is 9.61. The van der Waals surface area contributed by atoms with E-state index in [0.717, 1.165) is 73.1 Å². The van der Waals surface area contributed by atoms with Gasteiger partial charge in [0, 0.05) is 31.1 Å². The lowest BCUT2D eigenvalue weighted by molar-refractivity contribution is 0.128. The number of piperidine rings is 1. The van der Waals surface area contributed by atoms with E-state index in [4.69, 9.17) is 4.74 Å². The van der Waals surface area contributed by atoms with E-state index >= 15 is 0 Å². The van der Waals surface area contributed by atoms with Crippen LogP contribution in [-0.2, 0) is 11.2 Å². The van der Waals surface area contributed by atoms with Gasteiger partial charge in [0.15, 0.2) is 0 Å². The molecule has 1 heterocycles. The molecule has 42 heavy (non-hydrogen) atoms. The minimum Gasteiger partial charge on any atom is -0.496 e. The van der Waals surface area contributed by atoms with E-state index in [1.165, 1.54) is 10.6 Å². The van der Waals surface area contributed by atoms with Crippen LogP contribution in [0.5, 0.6) is 0 Å². The number of rotatable bonds is 12. The molecule has 1 fully saturated rings. The van der Waals surface area contributed by atoms with Crippen LogP contribution in [0.15, 0.2) is 96.5 Å². The third-order valence-electron chi connectivity index (χ3n) is 7.61. The number of hydrazone groups is 1. The van der Waals surface area contributed by atoms with Crippen molar-refractivity contribution in [3.8, 4) is 0 Å². The summed E-state index contributed by atoms with van der Waals surface area (Å²) in [4.78, 5) is 15.7. The molecule has 2 amide bonds. The Bertz CT molecular complexity index is 1210. The molecule has 0 spiro atoms. The van der Waals surface area contributed by atoms with E-state index in [0.29, 0.717) is 5.92 Å². The van der Waals surface area contributed by atoms with Gasteiger partial charge in [0.2, 0.25) is 0 Å². The first kappa shape index (κ1) is 34.3. The molecule has 0 aromatic heterocycles. The summed E-state index contributed by atoms with van der Waals surface area (Å²) in [6.45, 7) is 18.8. The highest BCUT2D eigenvalue weighted by Crippen LogP contribution is 2.29. The van der Waals surface area contributed by atoms with Gasteiger partial charge < -0.3 is 9.64 Å². The number of hydrogen-bond acceptors (Lipinski definition) is 3. The van der Waals surface area contributed by atoms with Crippen molar-refractivity contribution in [1.82, 2.24) is 9.91 Å². The Morgan fingerprint density at radius 2 is 1.76 bits per heavy atom. The highest BCUT2D eigenvalue weighted by Gasteiger charge is 2.29. The van der Waals surface area contributed by atoms with Gasteiger partial charge in [-0.2, -0.15) is 10.1 Å². The van der Waals surface area contributed by atoms with Crippen molar-refractivity contribution in [3.05, 3.63) is 108 Å². The molecule has 1 aliphatic rings. The van der Waals surface area contributed by atoms with Gasteiger partial charge in [0.05, 0.1) is 7.11 Å². The average Bonchev–Trinajstić information content (AvgIpc) is 3.04. The van der Waals surface area contributed by atoms with Gasteiger partial charge in [-0.15, -0.1) is 0 Å². The fraction of sp³-hybridized carbons (Fsp3) is 0.405. The maximum absolute atomic E-state index is 13.7. The average molecular weight is 570 g/mol. The summed E-state index contributed by atoms with van der Waals surface area (Å²) in [5.74, 6) is 1.24. The number of benzene rings is 2. The molecule has 2 unspecified atom stereocenters. The molecule has 3 rings (SSSR count). The fourth-order valence-corrected chi connectivity index (χ4v) is 5.10. The Hall–Kier alpha value is -3.86. The second-order valence-electron chi connectivity index (χ2n) is 10.3. The topological polar surface area (TPSA) is 45.1 Å². The minimum atomic E-state index is -0.116. The molecule has 2 aromatic rings. The van der Waals surface area contributed by atoms with Crippen LogP contribution in [0.2, 0.25) is 0 Å². The lowest BCUT2D eigenvalue weighted by Gasteiger charge is -2.37. The second-order valence-corrected chi connectivity index (χ2v) is 10.3. The second kappa shape index (κ2) is 18.5. The number of likely N-dealkylation sites (tertiary alicyclic amines) is 1. The molecule has 0 N–H and O–H groups in total. The van der Waals surface area contributed by atoms with Crippen molar-refractivity contribution >= 4 is 23.9 Å². The normalized spacial score (nSPS) is 16.6. The van der Waals surface area contributed by atoms with E-state index in [1.54, 1.807) is 13.2 Å². The Balaban J connectivity index is 0.00000301. The van der Waals surface area contributed by atoms with E-state index in [9.17, 15) is 4.79 Å². The molecule has 2 atom stereocenters. The molecular formula is C37H51N3O2. The number of methoxy groups -OCH3 is 1. The molecule has 0 aliphatic carbocycles. The molecule has 226 valence electrons. The Morgan fingerprint density at radius 3 is 2.33 bits per heavy atom. The highest BCUT2D eigenvalue weighted by molar-refractivity contribution is 5.81. The molecule has 1 saturated heterocycles. The first-order chi connectivity index (χ1) is 20.4. The number of nitrogens with zero attached hydrogens (tertiary/aromatic N) is 3. The van der Waals surface area contributed by atoms with Crippen molar-refractivity contribution in [2.75, 3.05) is 13.7 Å². The molecule has 2 aromatic carbocycles. The SMILES string of the molecule is C=C/C=C(\C(=C/C(C)CC)OC)c1ccc(/C(=C/N(N=C)C(=O)N2CCCCC2Cc2ccccc2)CC)cc1.CC. The van der Waals surface area contributed by atoms with Crippen LogP contribution in [0.1, 0.15) is 83.4 Å². The number of carbonyl (C=O) groups is 1. The largest absolute Gasteiger partial charge is 0.496 e. The summed E-state index contributed by atoms with van der Waals surface area (Å²) >= 11 is 0. The minimum absolute atomic E-state index is 0.116. The molecule has 5 nitrogen and oxygen atoms in total. The van der Waals surface area contributed by atoms with E-state index in [-0.39, 0.29) is 12.1 Å². The molecular weight excluding hydrogens is 518 g/mol. The Kier molecular flexibility index (Phi) is 15.2. The van der Waals surface area contributed by atoms with Crippen LogP contribution in [0.25, 0.3) is 11.1 Å². The zero-order valence-electron chi connectivity index (χ0n) is 26.7. The van der Waals surface area contributed by atoms with E-state index in [1.807, 2.05) is 37.1 Å². The zero-order chi connectivity index (χ0) is 30.9. The maximum atomic E-state index is 13.7. The lowest BCUT2D eigenvalue weighted by Crippen LogP contribution is -2.48. The molecule has 0 bridgehead atoms. The summed E-state index contributed by atoms with van der Waals surface area (Å²) in [6.07, 6.45) is 13.5. The number of allylic oxidation sites excluding steroid dienone is 5. The monoisotopic (exact) mass is 569 g/mol. The van der Waals surface area contributed by atoms with Crippen molar-refractivity contribution in [2.45, 2.75) is 79.2 Å². The van der Waals surface area contributed by atoms with Gasteiger partial charge in [-0.1, -0.05) is 108 Å². The van der Waals surface area contributed by atoms with Gasteiger partial charge in [0.25, 0.3) is 0 Å². The smallest absolute Gasteiger partial charge is 0.344 e. The third-order valence-corrected chi connectivity index (χ3v) is 7.61. The van der Waals surface area contributed by atoms with Gasteiger partial charge in [-0.3, -0.25) is 0 Å². The quantitative estimate of drug-likeness (QED) is 0.111. The number of amides is 2.